The van der Waals surface area contributed by atoms with Crippen LogP contribution in [0.4, 0.5) is 13.2 Å². The number of hydrogen-bond donors (Lipinski definition) is 2. The van der Waals surface area contributed by atoms with Crippen LogP contribution in [0.15, 0.2) is 18.3 Å². The molecule has 2 N–H and O–H groups in total. The lowest BCUT2D eigenvalue weighted by molar-refractivity contribution is -0.136. The van der Waals surface area contributed by atoms with Crippen molar-refractivity contribution in [1.82, 2.24) is 9.78 Å². The molecule has 1 atom stereocenters. The first-order chi connectivity index (χ1) is 10.4. The molecule has 9 heteroatoms. The van der Waals surface area contributed by atoms with Gasteiger partial charge in [-0.3, -0.25) is 0 Å². The predicted octanol–water partition coefficient (Wildman–Crippen LogP) is 1.43. The van der Waals surface area contributed by atoms with Gasteiger partial charge in [0.1, 0.15) is 0 Å². The molecule has 2 aromatic rings. The molecule has 1 aromatic carbocycles. The summed E-state index contributed by atoms with van der Waals surface area (Å²) in [6.07, 6.45) is -1.19. The van der Waals surface area contributed by atoms with Crippen molar-refractivity contribution in [3.05, 3.63) is 23.9 Å². The Hall–Kier alpha value is -1.58. The maximum absolute atomic E-state index is 13.0. The number of hydrogen-bond acceptors (Lipinski definition) is 4. The number of nitrogens with zero attached hydrogens (tertiary/aromatic N) is 2. The maximum Gasteiger partial charge on any atom is 0.489 e. The van der Waals surface area contributed by atoms with E-state index in [2.05, 4.69) is 5.10 Å². The normalized spacial score (nSPS) is 19.6. The number of fused-ring (bicyclic) bond motifs is 1. The summed E-state index contributed by atoms with van der Waals surface area (Å²) in [4.78, 5) is 0. The van der Waals surface area contributed by atoms with Crippen LogP contribution in [0.5, 0.6) is 0 Å². The summed E-state index contributed by atoms with van der Waals surface area (Å²) in [6.45, 7) is 0.572. The van der Waals surface area contributed by atoms with Gasteiger partial charge in [0.25, 0.3) is 0 Å². The van der Waals surface area contributed by atoms with Crippen LogP contribution in [0.3, 0.4) is 0 Å². The second kappa shape index (κ2) is 5.56. The van der Waals surface area contributed by atoms with E-state index in [1.165, 1.54) is 16.9 Å². The molecule has 0 unspecified atom stereocenters. The standard InChI is InChI=1S/C13H14BF3N2O3/c15-13(16,17)9-4-5-10-8(12(9)14(20)21)7-18-19(10)11-3-1-2-6-22-11/h4-5,7,11,20-21H,1-3,6H2/t11-/m1/s1. The van der Waals surface area contributed by atoms with Crippen molar-refractivity contribution >= 4 is 23.5 Å². The van der Waals surface area contributed by atoms with Crippen LogP contribution < -0.4 is 5.46 Å². The van der Waals surface area contributed by atoms with Crippen LogP contribution in [-0.2, 0) is 10.9 Å². The zero-order valence-electron chi connectivity index (χ0n) is 11.5. The minimum absolute atomic E-state index is 0.0685. The molecule has 1 aliphatic rings. The van der Waals surface area contributed by atoms with Gasteiger partial charge >= 0.3 is 13.3 Å². The molecule has 1 aromatic heterocycles. The first-order valence-electron chi connectivity index (χ1n) is 6.94. The van der Waals surface area contributed by atoms with E-state index >= 15 is 0 Å². The molecule has 1 saturated heterocycles. The highest BCUT2D eigenvalue weighted by Gasteiger charge is 2.38. The highest BCUT2D eigenvalue weighted by atomic mass is 19.4. The van der Waals surface area contributed by atoms with Crippen molar-refractivity contribution < 1.29 is 28.0 Å². The third-order valence-electron chi connectivity index (χ3n) is 3.81. The minimum Gasteiger partial charge on any atom is -0.423 e. The zero-order valence-corrected chi connectivity index (χ0v) is 11.5. The lowest BCUT2D eigenvalue weighted by Crippen LogP contribution is -2.36. The van der Waals surface area contributed by atoms with Crippen molar-refractivity contribution in [2.45, 2.75) is 31.7 Å². The van der Waals surface area contributed by atoms with Crippen molar-refractivity contribution in [2.24, 2.45) is 0 Å². The van der Waals surface area contributed by atoms with E-state index in [1.807, 2.05) is 0 Å². The summed E-state index contributed by atoms with van der Waals surface area (Å²) in [5, 5.41) is 22.9. The Labute approximate surface area is 124 Å². The van der Waals surface area contributed by atoms with E-state index in [-0.39, 0.29) is 11.6 Å². The van der Waals surface area contributed by atoms with Crippen molar-refractivity contribution in [2.75, 3.05) is 6.61 Å². The van der Waals surface area contributed by atoms with Crippen LogP contribution in [0.25, 0.3) is 10.9 Å². The van der Waals surface area contributed by atoms with E-state index in [0.717, 1.165) is 25.3 Å². The Morgan fingerprint density at radius 3 is 2.64 bits per heavy atom. The van der Waals surface area contributed by atoms with Gasteiger partial charge in [-0.15, -0.1) is 0 Å². The number of halogens is 3. The summed E-state index contributed by atoms with van der Waals surface area (Å²) >= 11 is 0. The third-order valence-corrected chi connectivity index (χ3v) is 3.81. The van der Waals surface area contributed by atoms with Crippen LogP contribution in [-0.4, -0.2) is 33.6 Å². The molecule has 1 aliphatic heterocycles. The quantitative estimate of drug-likeness (QED) is 0.823. The van der Waals surface area contributed by atoms with Gasteiger partial charge in [0.15, 0.2) is 6.23 Å². The fourth-order valence-corrected chi connectivity index (χ4v) is 2.81. The van der Waals surface area contributed by atoms with Crippen LogP contribution in [0.1, 0.15) is 31.1 Å². The molecule has 1 fully saturated rings. The lowest BCUT2D eigenvalue weighted by atomic mass is 9.74. The van der Waals surface area contributed by atoms with E-state index in [9.17, 15) is 23.2 Å². The molecule has 0 spiro atoms. The van der Waals surface area contributed by atoms with Gasteiger partial charge in [0.2, 0.25) is 0 Å². The Kier molecular flexibility index (Phi) is 3.88. The average Bonchev–Trinajstić information content (AvgIpc) is 2.89. The smallest absolute Gasteiger partial charge is 0.423 e. The predicted molar refractivity (Wildman–Crippen MR) is 73.4 cm³/mol. The van der Waals surface area contributed by atoms with Crippen LogP contribution in [0, 0.1) is 0 Å². The zero-order chi connectivity index (χ0) is 15.9. The fraction of sp³-hybridized carbons (Fsp3) is 0.462. The molecule has 0 bridgehead atoms. The number of alkyl halides is 3. The molecular formula is C13H14BF3N2O3. The number of benzene rings is 1. The molecule has 0 radical (unpaired) electrons. The summed E-state index contributed by atoms with van der Waals surface area (Å²) in [5.74, 6) is 0. The summed E-state index contributed by atoms with van der Waals surface area (Å²) < 4.78 is 46.2. The van der Waals surface area contributed by atoms with Crippen molar-refractivity contribution in [3.63, 3.8) is 0 Å². The van der Waals surface area contributed by atoms with E-state index < -0.39 is 24.3 Å². The minimum atomic E-state index is -4.67. The van der Waals surface area contributed by atoms with Crippen LogP contribution >= 0.6 is 0 Å². The molecule has 0 aliphatic carbocycles. The van der Waals surface area contributed by atoms with Crippen molar-refractivity contribution in [1.29, 1.82) is 0 Å². The van der Waals surface area contributed by atoms with Gasteiger partial charge in [-0.25, -0.2) is 4.68 Å². The second-order valence-electron chi connectivity index (χ2n) is 5.24. The van der Waals surface area contributed by atoms with E-state index in [4.69, 9.17) is 4.74 Å². The van der Waals surface area contributed by atoms with Gasteiger partial charge in [-0.05, 0) is 31.4 Å². The topological polar surface area (TPSA) is 67.5 Å². The molecule has 5 nitrogen and oxygen atoms in total. The molecule has 22 heavy (non-hydrogen) atoms. The SMILES string of the molecule is OB(O)c1c(C(F)(F)F)ccc2c1cnn2[C@H]1CCCCO1. The Balaban J connectivity index is 2.15. The summed E-state index contributed by atoms with van der Waals surface area (Å²) in [5.41, 5.74) is -1.26. The highest BCUT2D eigenvalue weighted by molar-refractivity contribution is 6.62. The Morgan fingerprint density at radius 2 is 2.05 bits per heavy atom. The fourth-order valence-electron chi connectivity index (χ4n) is 2.81. The first-order valence-corrected chi connectivity index (χ1v) is 6.94. The largest absolute Gasteiger partial charge is 0.489 e. The monoisotopic (exact) mass is 314 g/mol. The molecule has 0 saturated carbocycles. The van der Waals surface area contributed by atoms with Gasteiger partial charge in [0, 0.05) is 17.5 Å². The van der Waals surface area contributed by atoms with E-state index in [0.29, 0.717) is 12.1 Å². The molecule has 2 heterocycles. The second-order valence-corrected chi connectivity index (χ2v) is 5.24. The van der Waals surface area contributed by atoms with E-state index in [1.54, 1.807) is 0 Å². The lowest BCUT2D eigenvalue weighted by Gasteiger charge is -2.23. The molecular weight excluding hydrogens is 300 g/mol. The Bertz CT molecular complexity index is 681. The number of ether oxygens (including phenoxy) is 1. The third kappa shape index (κ3) is 2.60. The van der Waals surface area contributed by atoms with Gasteiger partial charge < -0.3 is 14.8 Å². The summed E-state index contributed by atoms with van der Waals surface area (Å²) in [6, 6.07) is 2.13. The summed E-state index contributed by atoms with van der Waals surface area (Å²) in [7, 11) is -2.23. The van der Waals surface area contributed by atoms with Gasteiger partial charge in [-0.2, -0.15) is 18.3 Å². The number of rotatable bonds is 2. The number of aromatic nitrogens is 2. The maximum atomic E-state index is 13.0. The molecule has 0 amide bonds. The first kappa shape index (κ1) is 15.3. The average molecular weight is 314 g/mol. The molecule has 118 valence electrons. The Morgan fingerprint density at radius 1 is 1.27 bits per heavy atom. The van der Waals surface area contributed by atoms with Gasteiger partial charge in [-0.1, -0.05) is 0 Å². The van der Waals surface area contributed by atoms with Gasteiger partial charge in [0.05, 0.1) is 17.3 Å². The van der Waals surface area contributed by atoms with Crippen LogP contribution in [0.2, 0.25) is 0 Å². The van der Waals surface area contributed by atoms with Crippen molar-refractivity contribution in [3.8, 4) is 0 Å². The molecule has 3 rings (SSSR count). The highest BCUT2D eigenvalue weighted by Crippen LogP contribution is 2.32.